The lowest BCUT2D eigenvalue weighted by atomic mass is 9.76. The summed E-state index contributed by atoms with van der Waals surface area (Å²) >= 11 is 0. The Hall–Kier alpha value is -1.43. The molecule has 0 N–H and O–H groups in total. The maximum Gasteiger partial charge on any atom is 0.229 e. The number of hydrogen-bond donors (Lipinski definition) is 0. The van der Waals surface area contributed by atoms with Gasteiger partial charge in [-0.3, -0.25) is 9.69 Å². The minimum atomic E-state index is 0.241. The summed E-state index contributed by atoms with van der Waals surface area (Å²) < 4.78 is 5.41. The Balaban J connectivity index is 1.38. The minimum absolute atomic E-state index is 0.241. The molecule has 2 saturated heterocycles. The van der Waals surface area contributed by atoms with Crippen LogP contribution in [0.2, 0.25) is 0 Å². The van der Waals surface area contributed by atoms with E-state index in [1.54, 1.807) is 0 Å². The Kier molecular flexibility index (Phi) is 4.34. The lowest BCUT2D eigenvalue weighted by molar-refractivity contribution is -0.133. The second-order valence-electron chi connectivity index (χ2n) is 8.81. The topological polar surface area (TPSA) is 62.5 Å². The van der Waals surface area contributed by atoms with Crippen LogP contribution in [0.1, 0.15) is 76.0 Å². The summed E-state index contributed by atoms with van der Waals surface area (Å²) in [6.07, 6.45) is 6.54. The summed E-state index contributed by atoms with van der Waals surface area (Å²) in [5.41, 5.74) is 0.300. The first-order valence-corrected chi connectivity index (χ1v) is 9.77. The molecule has 3 heterocycles. The molecule has 6 heteroatoms. The number of aromatic nitrogens is 2. The summed E-state index contributed by atoms with van der Waals surface area (Å²) in [5, 5.41) is 4.24. The third-order valence-corrected chi connectivity index (χ3v) is 6.33. The van der Waals surface area contributed by atoms with Crippen LogP contribution in [0.5, 0.6) is 0 Å². The van der Waals surface area contributed by atoms with Gasteiger partial charge in [-0.05, 0) is 50.5 Å². The molecule has 2 aliphatic heterocycles. The number of likely N-dealkylation sites (tertiary alicyclic amines) is 2. The maximum absolute atomic E-state index is 12.4. The van der Waals surface area contributed by atoms with Crippen LogP contribution in [0.3, 0.4) is 0 Å². The number of hydrogen-bond acceptors (Lipinski definition) is 5. The summed E-state index contributed by atoms with van der Waals surface area (Å²) in [6.45, 7) is 7.04. The molecule has 3 fully saturated rings. The van der Waals surface area contributed by atoms with Crippen molar-refractivity contribution in [1.82, 2.24) is 19.9 Å². The first-order chi connectivity index (χ1) is 12.0. The molecule has 0 aromatic carbocycles. The van der Waals surface area contributed by atoms with Gasteiger partial charge in [-0.15, -0.1) is 0 Å². The van der Waals surface area contributed by atoms with Gasteiger partial charge in [0.25, 0.3) is 0 Å². The van der Waals surface area contributed by atoms with E-state index in [1.807, 2.05) is 0 Å². The van der Waals surface area contributed by atoms with Gasteiger partial charge in [0.1, 0.15) is 0 Å². The molecule has 3 aliphatic rings. The molecule has 1 aromatic heterocycles. The second kappa shape index (κ2) is 6.38. The Bertz CT molecular complexity index is 629. The van der Waals surface area contributed by atoms with Crippen molar-refractivity contribution in [3.05, 3.63) is 11.7 Å². The molecular formula is C19H30N4O2. The molecule has 25 heavy (non-hydrogen) atoms. The van der Waals surface area contributed by atoms with Crippen LogP contribution in [0.4, 0.5) is 0 Å². The van der Waals surface area contributed by atoms with Crippen LogP contribution in [-0.2, 0) is 4.79 Å². The molecule has 1 atom stereocenters. The van der Waals surface area contributed by atoms with Gasteiger partial charge in [0.15, 0.2) is 5.82 Å². The maximum atomic E-state index is 12.4. The molecule has 1 aromatic rings. The van der Waals surface area contributed by atoms with Gasteiger partial charge in [-0.2, -0.15) is 4.98 Å². The van der Waals surface area contributed by atoms with E-state index in [0.29, 0.717) is 17.2 Å². The molecule has 6 nitrogen and oxygen atoms in total. The van der Waals surface area contributed by atoms with Gasteiger partial charge in [0, 0.05) is 32.0 Å². The zero-order chi connectivity index (χ0) is 17.6. The second-order valence-corrected chi connectivity index (χ2v) is 8.81. The van der Waals surface area contributed by atoms with Crippen molar-refractivity contribution in [2.45, 2.75) is 64.3 Å². The van der Waals surface area contributed by atoms with Gasteiger partial charge in [0.2, 0.25) is 11.8 Å². The fourth-order valence-electron chi connectivity index (χ4n) is 4.47. The van der Waals surface area contributed by atoms with E-state index < -0.39 is 0 Å². The molecule has 0 bridgehead atoms. The summed E-state index contributed by atoms with van der Waals surface area (Å²) in [7, 11) is 2.16. The van der Waals surface area contributed by atoms with Crippen molar-refractivity contribution in [3.63, 3.8) is 0 Å². The SMILES string of the molecule is CC(C)c1nc(C2CC3(CCN(C(=O)CC4CC4)CC3)CN2C)no1. The van der Waals surface area contributed by atoms with Gasteiger partial charge >= 0.3 is 0 Å². The van der Waals surface area contributed by atoms with E-state index in [1.165, 1.54) is 12.8 Å². The van der Waals surface area contributed by atoms with E-state index in [2.05, 4.69) is 40.8 Å². The third kappa shape index (κ3) is 3.46. The highest BCUT2D eigenvalue weighted by Crippen LogP contribution is 2.48. The molecule has 1 unspecified atom stereocenters. The highest BCUT2D eigenvalue weighted by Gasteiger charge is 2.46. The number of carbonyl (C=O) groups excluding carboxylic acids is 1. The van der Waals surface area contributed by atoms with Crippen LogP contribution >= 0.6 is 0 Å². The van der Waals surface area contributed by atoms with Crippen LogP contribution in [0, 0.1) is 11.3 Å². The molecule has 138 valence electrons. The van der Waals surface area contributed by atoms with Crippen molar-refractivity contribution in [2.24, 2.45) is 11.3 Å². The molecule has 1 spiro atoms. The number of rotatable bonds is 4. The lowest BCUT2D eigenvalue weighted by Gasteiger charge is -2.39. The number of nitrogens with zero attached hydrogens (tertiary/aromatic N) is 4. The first kappa shape index (κ1) is 17.0. The summed E-state index contributed by atoms with van der Waals surface area (Å²) in [5.74, 6) is 2.88. The predicted molar refractivity (Wildman–Crippen MR) is 94.0 cm³/mol. The molecular weight excluding hydrogens is 316 g/mol. The van der Waals surface area contributed by atoms with Gasteiger partial charge in [0.05, 0.1) is 6.04 Å². The van der Waals surface area contributed by atoms with E-state index in [0.717, 1.165) is 57.0 Å². The number of amides is 1. The molecule has 1 amide bonds. The Morgan fingerprint density at radius 2 is 2.04 bits per heavy atom. The minimum Gasteiger partial charge on any atom is -0.343 e. The quantitative estimate of drug-likeness (QED) is 0.839. The molecule has 0 radical (unpaired) electrons. The highest BCUT2D eigenvalue weighted by molar-refractivity contribution is 5.76. The fourth-order valence-corrected chi connectivity index (χ4v) is 4.47. The van der Waals surface area contributed by atoms with Gasteiger partial charge in [-0.1, -0.05) is 19.0 Å². The monoisotopic (exact) mass is 346 g/mol. The van der Waals surface area contributed by atoms with E-state index in [-0.39, 0.29) is 12.0 Å². The molecule has 4 rings (SSSR count). The largest absolute Gasteiger partial charge is 0.343 e. The van der Waals surface area contributed by atoms with Crippen molar-refractivity contribution in [3.8, 4) is 0 Å². The van der Waals surface area contributed by atoms with Gasteiger partial charge in [-0.25, -0.2) is 0 Å². The predicted octanol–water partition coefficient (Wildman–Crippen LogP) is 2.98. The fraction of sp³-hybridized carbons (Fsp3) is 0.842. The standard InChI is InChI=1S/C19H30N4O2/c1-13(2)18-20-17(21-25-18)15-11-19(12-22(15)3)6-8-23(9-7-19)16(24)10-14-4-5-14/h13-15H,4-12H2,1-3H3. The molecule has 1 saturated carbocycles. The highest BCUT2D eigenvalue weighted by atomic mass is 16.5. The van der Waals surface area contributed by atoms with Crippen molar-refractivity contribution in [1.29, 1.82) is 0 Å². The van der Waals surface area contributed by atoms with Crippen LogP contribution < -0.4 is 0 Å². The molecule has 1 aliphatic carbocycles. The van der Waals surface area contributed by atoms with E-state index >= 15 is 0 Å². The van der Waals surface area contributed by atoms with E-state index in [4.69, 9.17) is 4.52 Å². The number of piperidine rings is 1. The third-order valence-electron chi connectivity index (χ3n) is 6.33. The van der Waals surface area contributed by atoms with Crippen molar-refractivity contribution in [2.75, 3.05) is 26.7 Å². The van der Waals surface area contributed by atoms with E-state index in [9.17, 15) is 4.79 Å². The number of carbonyl (C=O) groups is 1. The summed E-state index contributed by atoms with van der Waals surface area (Å²) in [4.78, 5) is 21.4. The Morgan fingerprint density at radius 1 is 1.32 bits per heavy atom. The van der Waals surface area contributed by atoms with Crippen LogP contribution in [-0.4, -0.2) is 52.5 Å². The van der Waals surface area contributed by atoms with Crippen LogP contribution in [0.15, 0.2) is 4.52 Å². The van der Waals surface area contributed by atoms with Crippen molar-refractivity contribution < 1.29 is 9.32 Å². The zero-order valence-corrected chi connectivity index (χ0v) is 15.7. The Labute approximate surface area is 149 Å². The lowest BCUT2D eigenvalue weighted by Crippen LogP contribution is -2.44. The van der Waals surface area contributed by atoms with Crippen LogP contribution in [0.25, 0.3) is 0 Å². The average Bonchev–Trinajstić information content (AvgIpc) is 3.14. The average molecular weight is 346 g/mol. The van der Waals surface area contributed by atoms with Gasteiger partial charge < -0.3 is 9.42 Å². The Morgan fingerprint density at radius 3 is 2.64 bits per heavy atom. The first-order valence-electron chi connectivity index (χ1n) is 9.77. The summed E-state index contributed by atoms with van der Waals surface area (Å²) in [6, 6.07) is 0.241. The zero-order valence-electron chi connectivity index (χ0n) is 15.7. The smallest absolute Gasteiger partial charge is 0.229 e. The normalized spacial score (nSPS) is 26.7. The van der Waals surface area contributed by atoms with Crippen molar-refractivity contribution >= 4 is 5.91 Å².